The van der Waals surface area contributed by atoms with Gasteiger partial charge in [-0.05, 0) is 43.4 Å². The molecule has 1 heterocycles. The molecule has 1 aliphatic rings. The van der Waals surface area contributed by atoms with Gasteiger partial charge in [0.05, 0.1) is 13.2 Å². The lowest BCUT2D eigenvalue weighted by molar-refractivity contribution is 0.0957. The molecule has 1 aromatic carbocycles. The Bertz CT molecular complexity index is 613. The highest BCUT2D eigenvalue weighted by Gasteiger charge is 2.24. The molecule has 1 saturated heterocycles. The van der Waals surface area contributed by atoms with Crippen LogP contribution in [0.2, 0.25) is 0 Å². The molecule has 7 nitrogen and oxygen atoms in total. The van der Waals surface area contributed by atoms with Gasteiger partial charge in [0.25, 0.3) is 0 Å². The largest absolute Gasteiger partial charge is 0.492 e. The number of hydrogen-bond donors (Lipinski definition) is 2. The number of nitrogens with zero attached hydrogens (tertiary/aromatic N) is 1. The zero-order chi connectivity index (χ0) is 19.6. The molecule has 0 unspecified atom stereocenters. The van der Waals surface area contributed by atoms with E-state index in [2.05, 4.69) is 30.5 Å². The van der Waals surface area contributed by atoms with E-state index < -0.39 is 0 Å². The minimum absolute atomic E-state index is 0.0688. The Kier molecular flexibility index (Phi) is 8.23. The fourth-order valence-corrected chi connectivity index (χ4v) is 2.95. The van der Waals surface area contributed by atoms with Crippen molar-refractivity contribution in [2.75, 3.05) is 32.8 Å². The molecule has 0 aliphatic carbocycles. The minimum atomic E-state index is -0.279. The molecule has 0 aromatic heterocycles. The van der Waals surface area contributed by atoms with Crippen molar-refractivity contribution in [3.8, 4) is 5.75 Å². The lowest BCUT2D eigenvalue weighted by Crippen LogP contribution is -2.49. The van der Waals surface area contributed by atoms with Gasteiger partial charge in [-0.15, -0.1) is 0 Å². The highest BCUT2D eigenvalue weighted by atomic mass is 16.6. The summed E-state index contributed by atoms with van der Waals surface area (Å²) in [7, 11) is 0. The van der Waals surface area contributed by atoms with Gasteiger partial charge >= 0.3 is 12.1 Å². The van der Waals surface area contributed by atoms with E-state index in [1.54, 1.807) is 11.8 Å². The van der Waals surface area contributed by atoms with Gasteiger partial charge in [-0.3, -0.25) is 0 Å². The Morgan fingerprint density at radius 2 is 2.00 bits per heavy atom. The van der Waals surface area contributed by atoms with Crippen LogP contribution in [0.1, 0.15) is 45.1 Å². The number of likely N-dealkylation sites (tertiary alicyclic amines) is 1. The zero-order valence-electron chi connectivity index (χ0n) is 16.5. The number of hydrogen-bond acceptors (Lipinski definition) is 4. The highest BCUT2D eigenvalue weighted by Crippen LogP contribution is 2.19. The first kappa shape index (κ1) is 20.9. The first-order valence-corrected chi connectivity index (χ1v) is 9.68. The number of piperidine rings is 1. The van der Waals surface area contributed by atoms with Crippen LogP contribution in [-0.4, -0.2) is 55.9 Å². The second-order valence-electron chi connectivity index (χ2n) is 6.94. The van der Waals surface area contributed by atoms with Crippen LogP contribution < -0.4 is 15.4 Å². The third-order valence-electron chi connectivity index (χ3n) is 4.54. The van der Waals surface area contributed by atoms with Crippen LogP contribution in [0.15, 0.2) is 24.3 Å². The predicted octanol–water partition coefficient (Wildman–Crippen LogP) is 3.11. The average Bonchev–Trinajstić information content (AvgIpc) is 2.66. The Morgan fingerprint density at radius 3 is 2.67 bits per heavy atom. The van der Waals surface area contributed by atoms with E-state index in [1.165, 1.54) is 5.56 Å². The predicted molar refractivity (Wildman–Crippen MR) is 104 cm³/mol. The Balaban J connectivity index is 1.62. The standard InChI is InChI=1S/C20H31N3O4/c1-4-26-20(25)23-11-8-17(9-12-23)22-19(24)21-10-13-27-18-7-5-6-16(14-18)15(2)3/h5-7,14-15,17H,4,8-13H2,1-3H3,(H2,21,22,24). The topological polar surface area (TPSA) is 79.9 Å². The first-order chi connectivity index (χ1) is 13.0. The van der Waals surface area contributed by atoms with Crippen LogP contribution in [-0.2, 0) is 4.74 Å². The SMILES string of the molecule is CCOC(=O)N1CCC(NC(=O)NCCOc2cccc(C(C)C)c2)CC1. The van der Waals surface area contributed by atoms with Crippen LogP contribution in [0, 0.1) is 0 Å². The summed E-state index contributed by atoms with van der Waals surface area (Å²) >= 11 is 0. The van der Waals surface area contributed by atoms with Crippen molar-refractivity contribution in [1.82, 2.24) is 15.5 Å². The molecule has 3 amide bonds. The van der Waals surface area contributed by atoms with Crippen LogP contribution in [0.25, 0.3) is 0 Å². The van der Waals surface area contributed by atoms with E-state index in [0.29, 0.717) is 38.8 Å². The molecular formula is C20H31N3O4. The number of ether oxygens (including phenoxy) is 2. The molecule has 2 rings (SSSR count). The molecule has 1 fully saturated rings. The van der Waals surface area contributed by atoms with Gasteiger partial charge in [-0.25, -0.2) is 9.59 Å². The molecular weight excluding hydrogens is 346 g/mol. The molecule has 2 N–H and O–H groups in total. The maximum Gasteiger partial charge on any atom is 0.409 e. The number of amides is 3. The van der Waals surface area contributed by atoms with E-state index in [0.717, 1.165) is 18.6 Å². The van der Waals surface area contributed by atoms with Gasteiger partial charge in [-0.2, -0.15) is 0 Å². The Morgan fingerprint density at radius 1 is 1.26 bits per heavy atom. The van der Waals surface area contributed by atoms with Crippen LogP contribution in [0.3, 0.4) is 0 Å². The summed E-state index contributed by atoms with van der Waals surface area (Å²) in [6.07, 6.45) is 1.18. The first-order valence-electron chi connectivity index (χ1n) is 9.68. The third kappa shape index (κ3) is 7.00. The zero-order valence-corrected chi connectivity index (χ0v) is 16.5. The summed E-state index contributed by atoms with van der Waals surface area (Å²) in [5, 5.41) is 5.76. The van der Waals surface area contributed by atoms with E-state index in [4.69, 9.17) is 9.47 Å². The van der Waals surface area contributed by atoms with Gasteiger partial charge in [0.2, 0.25) is 0 Å². The van der Waals surface area contributed by atoms with Gasteiger partial charge in [0.1, 0.15) is 12.4 Å². The normalized spacial score (nSPS) is 14.7. The van der Waals surface area contributed by atoms with Crippen molar-refractivity contribution in [2.24, 2.45) is 0 Å². The minimum Gasteiger partial charge on any atom is -0.492 e. The number of benzene rings is 1. The summed E-state index contributed by atoms with van der Waals surface area (Å²) in [6.45, 7) is 8.49. The number of carbonyl (C=O) groups is 2. The fourth-order valence-electron chi connectivity index (χ4n) is 2.95. The van der Waals surface area contributed by atoms with Crippen molar-refractivity contribution in [3.05, 3.63) is 29.8 Å². The van der Waals surface area contributed by atoms with Gasteiger partial charge in [0, 0.05) is 19.1 Å². The molecule has 1 aromatic rings. The quantitative estimate of drug-likeness (QED) is 0.716. The van der Waals surface area contributed by atoms with E-state index >= 15 is 0 Å². The lowest BCUT2D eigenvalue weighted by Gasteiger charge is -2.31. The van der Waals surface area contributed by atoms with Crippen molar-refractivity contribution in [1.29, 1.82) is 0 Å². The third-order valence-corrected chi connectivity index (χ3v) is 4.54. The summed E-state index contributed by atoms with van der Waals surface area (Å²) in [4.78, 5) is 25.3. The monoisotopic (exact) mass is 377 g/mol. The molecule has 150 valence electrons. The summed E-state index contributed by atoms with van der Waals surface area (Å²) < 4.78 is 10.7. The van der Waals surface area contributed by atoms with Crippen LogP contribution >= 0.6 is 0 Å². The number of nitrogens with one attached hydrogen (secondary N) is 2. The molecule has 0 saturated carbocycles. The lowest BCUT2D eigenvalue weighted by atomic mass is 10.0. The molecule has 0 atom stereocenters. The molecule has 27 heavy (non-hydrogen) atoms. The number of carbonyl (C=O) groups excluding carboxylic acids is 2. The van der Waals surface area contributed by atoms with Crippen molar-refractivity contribution in [3.63, 3.8) is 0 Å². The van der Waals surface area contributed by atoms with Gasteiger partial charge < -0.3 is 25.0 Å². The average molecular weight is 377 g/mol. The van der Waals surface area contributed by atoms with Crippen molar-refractivity contribution < 1.29 is 19.1 Å². The second kappa shape index (κ2) is 10.6. The maximum atomic E-state index is 12.0. The fraction of sp³-hybridized carbons (Fsp3) is 0.600. The molecule has 1 aliphatic heterocycles. The number of rotatable bonds is 7. The van der Waals surface area contributed by atoms with E-state index in [9.17, 15) is 9.59 Å². The molecule has 0 bridgehead atoms. The molecule has 0 radical (unpaired) electrons. The summed E-state index contributed by atoms with van der Waals surface area (Å²) in [5.74, 6) is 1.27. The second-order valence-corrected chi connectivity index (χ2v) is 6.94. The van der Waals surface area contributed by atoms with Gasteiger partial charge in [-0.1, -0.05) is 26.0 Å². The Hall–Kier alpha value is -2.44. The van der Waals surface area contributed by atoms with Crippen molar-refractivity contribution >= 4 is 12.1 Å². The van der Waals surface area contributed by atoms with Crippen molar-refractivity contribution in [2.45, 2.75) is 45.6 Å². The van der Waals surface area contributed by atoms with Gasteiger partial charge in [0.15, 0.2) is 0 Å². The number of urea groups is 1. The smallest absolute Gasteiger partial charge is 0.409 e. The maximum absolute atomic E-state index is 12.0. The van der Waals surface area contributed by atoms with E-state index in [1.807, 2.05) is 18.2 Å². The highest BCUT2D eigenvalue weighted by molar-refractivity contribution is 5.74. The van der Waals surface area contributed by atoms with Crippen LogP contribution in [0.5, 0.6) is 5.75 Å². The summed E-state index contributed by atoms with van der Waals surface area (Å²) in [5.41, 5.74) is 1.23. The summed E-state index contributed by atoms with van der Waals surface area (Å²) in [6, 6.07) is 7.87. The molecule has 7 heteroatoms. The van der Waals surface area contributed by atoms with E-state index in [-0.39, 0.29) is 18.2 Å². The Labute approximate surface area is 161 Å². The van der Waals surface area contributed by atoms with Crippen LogP contribution in [0.4, 0.5) is 9.59 Å². The molecule has 0 spiro atoms.